The molecule has 86 valence electrons. The first kappa shape index (κ1) is 11.2. The molecule has 5 heteroatoms. The van der Waals surface area contributed by atoms with Crippen LogP contribution in [0.4, 0.5) is 5.69 Å². The molecule has 0 spiro atoms. The lowest BCUT2D eigenvalue weighted by Gasteiger charge is -2.15. The number of carbonyl (C=O) groups excluding carboxylic acids is 1. The van der Waals surface area contributed by atoms with Gasteiger partial charge in [0.25, 0.3) is 0 Å². The number of rotatable bonds is 2. The van der Waals surface area contributed by atoms with Crippen molar-refractivity contribution in [1.29, 1.82) is 0 Å². The highest BCUT2D eigenvalue weighted by Gasteiger charge is 2.11. The van der Waals surface area contributed by atoms with Gasteiger partial charge in [0.05, 0.1) is 0 Å². The second-order valence-corrected chi connectivity index (χ2v) is 3.85. The number of Topliss-reactive ketones (excluding diaryl/α,β-unsaturated/α-hetero) is 1. The highest BCUT2D eigenvalue weighted by Crippen LogP contribution is 2.18. The second kappa shape index (κ2) is 5.18. The quantitative estimate of drug-likeness (QED) is 0.480. The highest BCUT2D eigenvalue weighted by atomic mass is 16.1. The van der Waals surface area contributed by atoms with Crippen molar-refractivity contribution in [3.05, 3.63) is 46.0 Å². The van der Waals surface area contributed by atoms with Gasteiger partial charge in [-0.15, -0.1) is 0 Å². The number of azide groups is 1. The molecule has 0 bridgehead atoms. The van der Waals surface area contributed by atoms with Gasteiger partial charge < -0.3 is 5.32 Å². The number of nitrogens with one attached hydrogen (secondary N) is 1. The van der Waals surface area contributed by atoms with Crippen molar-refractivity contribution in [2.75, 3.05) is 6.54 Å². The number of ketones is 1. The van der Waals surface area contributed by atoms with Gasteiger partial charge in [-0.1, -0.05) is 23.3 Å². The topological polar surface area (TPSA) is 77.9 Å². The van der Waals surface area contributed by atoms with Crippen LogP contribution in [0, 0.1) is 0 Å². The number of allylic oxidation sites excluding steroid dienone is 1. The summed E-state index contributed by atoms with van der Waals surface area (Å²) in [6, 6.07) is 7.25. The Labute approximate surface area is 98.8 Å². The Kier molecular flexibility index (Phi) is 3.43. The van der Waals surface area contributed by atoms with E-state index in [-0.39, 0.29) is 5.78 Å². The third kappa shape index (κ3) is 3.09. The predicted octanol–water partition coefficient (Wildman–Crippen LogP) is 2.92. The summed E-state index contributed by atoms with van der Waals surface area (Å²) in [5, 5.41) is 6.73. The van der Waals surface area contributed by atoms with Crippen LogP contribution in [0.15, 0.2) is 35.1 Å². The number of nitrogens with zero attached hydrogens (tertiary/aromatic N) is 3. The van der Waals surface area contributed by atoms with E-state index in [0.29, 0.717) is 25.1 Å². The average molecular weight is 228 g/mol. The Balaban J connectivity index is 2.22. The molecule has 0 unspecified atom stereocenters. The van der Waals surface area contributed by atoms with Crippen molar-refractivity contribution in [2.24, 2.45) is 5.11 Å². The largest absolute Gasteiger partial charge is 0.388 e. The van der Waals surface area contributed by atoms with Crippen molar-refractivity contribution in [2.45, 2.75) is 12.8 Å². The molecule has 0 aromatic heterocycles. The molecule has 0 atom stereocenters. The Morgan fingerprint density at radius 1 is 1.47 bits per heavy atom. The van der Waals surface area contributed by atoms with E-state index in [9.17, 15) is 4.79 Å². The summed E-state index contributed by atoms with van der Waals surface area (Å²) in [4.78, 5) is 14.0. The van der Waals surface area contributed by atoms with Crippen LogP contribution in [0.3, 0.4) is 0 Å². The minimum absolute atomic E-state index is 0.251. The first-order valence-corrected chi connectivity index (χ1v) is 5.39. The molecule has 0 amide bonds. The van der Waals surface area contributed by atoms with Crippen molar-refractivity contribution < 1.29 is 4.79 Å². The van der Waals surface area contributed by atoms with Crippen LogP contribution >= 0.6 is 0 Å². The van der Waals surface area contributed by atoms with Crippen LogP contribution in [0.2, 0.25) is 0 Å². The fraction of sp³-hybridized carbons (Fsp3) is 0.250. The molecular formula is C12H12N4O. The smallest absolute Gasteiger partial charge is 0.140 e. The van der Waals surface area contributed by atoms with E-state index in [1.54, 1.807) is 12.1 Å². The van der Waals surface area contributed by atoms with Gasteiger partial charge in [0.1, 0.15) is 5.78 Å². The molecule has 1 aliphatic rings. The van der Waals surface area contributed by atoms with Gasteiger partial charge in [0.2, 0.25) is 0 Å². The molecule has 1 saturated heterocycles. The fourth-order valence-electron chi connectivity index (χ4n) is 1.76. The molecule has 1 aromatic carbocycles. The second-order valence-electron chi connectivity index (χ2n) is 3.85. The normalized spacial score (nSPS) is 17.4. The van der Waals surface area contributed by atoms with Gasteiger partial charge in [0.15, 0.2) is 0 Å². The minimum atomic E-state index is 0.251. The number of benzene rings is 1. The van der Waals surface area contributed by atoms with Crippen molar-refractivity contribution in [1.82, 2.24) is 5.32 Å². The monoisotopic (exact) mass is 228 g/mol. The lowest BCUT2D eigenvalue weighted by atomic mass is 10.1. The molecule has 1 fully saturated rings. The standard InChI is InChI=1S/C12H12N4O/c13-16-15-10-3-1-2-9(6-10)7-11-8-12(17)4-5-14-11/h1-3,6-7,14H,4-5,8H2. The van der Waals surface area contributed by atoms with Gasteiger partial charge in [-0.25, -0.2) is 0 Å². The van der Waals surface area contributed by atoms with Crippen molar-refractivity contribution in [3.8, 4) is 0 Å². The van der Waals surface area contributed by atoms with Crippen LogP contribution in [0.25, 0.3) is 16.5 Å². The van der Waals surface area contributed by atoms with Crippen molar-refractivity contribution >= 4 is 17.5 Å². The molecule has 0 radical (unpaired) electrons. The highest BCUT2D eigenvalue weighted by molar-refractivity contribution is 5.83. The summed E-state index contributed by atoms with van der Waals surface area (Å²) in [6.07, 6.45) is 2.95. The Morgan fingerprint density at radius 3 is 3.12 bits per heavy atom. The van der Waals surface area contributed by atoms with Crippen LogP contribution in [0.5, 0.6) is 0 Å². The van der Waals surface area contributed by atoms with E-state index in [2.05, 4.69) is 15.3 Å². The first-order chi connectivity index (χ1) is 8.28. The van der Waals surface area contributed by atoms with E-state index in [1.165, 1.54) is 0 Å². The summed E-state index contributed by atoms with van der Waals surface area (Å²) in [6.45, 7) is 0.695. The van der Waals surface area contributed by atoms with Gasteiger partial charge in [-0.05, 0) is 23.2 Å². The van der Waals surface area contributed by atoms with Gasteiger partial charge in [0, 0.05) is 35.7 Å². The van der Waals surface area contributed by atoms with Gasteiger partial charge in [-0.3, -0.25) is 4.79 Å². The maximum absolute atomic E-state index is 11.3. The molecule has 0 saturated carbocycles. The summed E-state index contributed by atoms with van der Waals surface area (Å²) >= 11 is 0. The minimum Gasteiger partial charge on any atom is -0.388 e. The molecule has 0 aliphatic carbocycles. The molecule has 1 aromatic rings. The van der Waals surface area contributed by atoms with E-state index in [0.717, 1.165) is 11.3 Å². The van der Waals surface area contributed by atoms with E-state index in [1.807, 2.05) is 18.2 Å². The molecule has 1 N–H and O–H groups in total. The van der Waals surface area contributed by atoms with E-state index < -0.39 is 0 Å². The van der Waals surface area contributed by atoms with Crippen molar-refractivity contribution in [3.63, 3.8) is 0 Å². The lowest BCUT2D eigenvalue weighted by molar-refractivity contribution is -0.119. The third-order valence-corrected chi connectivity index (χ3v) is 2.51. The third-order valence-electron chi connectivity index (χ3n) is 2.51. The van der Waals surface area contributed by atoms with E-state index >= 15 is 0 Å². The van der Waals surface area contributed by atoms with Crippen LogP contribution in [0.1, 0.15) is 18.4 Å². The molecule has 2 rings (SSSR count). The van der Waals surface area contributed by atoms with Crippen LogP contribution in [-0.2, 0) is 4.79 Å². The first-order valence-electron chi connectivity index (χ1n) is 5.39. The molecule has 1 aliphatic heterocycles. The zero-order valence-corrected chi connectivity index (χ0v) is 9.26. The van der Waals surface area contributed by atoms with Gasteiger partial charge in [-0.2, -0.15) is 0 Å². The molecule has 1 heterocycles. The average Bonchev–Trinajstić information content (AvgIpc) is 2.30. The Bertz CT molecular complexity index is 515. The number of hydrogen-bond acceptors (Lipinski definition) is 3. The maximum Gasteiger partial charge on any atom is 0.140 e. The lowest BCUT2D eigenvalue weighted by Crippen LogP contribution is -2.25. The van der Waals surface area contributed by atoms with E-state index in [4.69, 9.17) is 5.53 Å². The Morgan fingerprint density at radius 2 is 2.35 bits per heavy atom. The molecule has 5 nitrogen and oxygen atoms in total. The number of carbonyl (C=O) groups is 1. The summed E-state index contributed by atoms with van der Waals surface area (Å²) in [5.74, 6) is 0.251. The maximum atomic E-state index is 11.3. The number of piperidine rings is 1. The van der Waals surface area contributed by atoms with Gasteiger partial charge >= 0.3 is 0 Å². The molecular weight excluding hydrogens is 216 g/mol. The predicted molar refractivity (Wildman–Crippen MR) is 65.5 cm³/mol. The van der Waals surface area contributed by atoms with Crippen LogP contribution in [-0.4, -0.2) is 12.3 Å². The fourth-order valence-corrected chi connectivity index (χ4v) is 1.76. The summed E-state index contributed by atoms with van der Waals surface area (Å²) < 4.78 is 0. The zero-order valence-electron chi connectivity index (χ0n) is 9.26. The molecule has 17 heavy (non-hydrogen) atoms. The van der Waals surface area contributed by atoms with Crippen LogP contribution < -0.4 is 5.32 Å². The Hall–Kier alpha value is -2.26. The summed E-state index contributed by atoms with van der Waals surface area (Å²) in [5.41, 5.74) is 10.8. The summed E-state index contributed by atoms with van der Waals surface area (Å²) in [7, 11) is 0. The SMILES string of the molecule is [N-]=[N+]=Nc1cccc(C=C2CC(=O)CCN2)c1. The number of hydrogen-bond donors (Lipinski definition) is 1. The zero-order chi connectivity index (χ0) is 12.1.